The molecule has 0 spiro atoms. The van der Waals surface area contributed by atoms with E-state index in [1.807, 2.05) is 0 Å². The second-order valence-electron chi connectivity index (χ2n) is 4.52. The summed E-state index contributed by atoms with van der Waals surface area (Å²) in [5, 5.41) is 10.8. The molecule has 3 aromatic heterocycles. The molecule has 0 aliphatic heterocycles. The number of nitrogens with zero attached hydrogens (tertiary/aromatic N) is 5. The van der Waals surface area contributed by atoms with Crippen LogP contribution < -0.4 is 5.56 Å². The molecule has 0 saturated carbocycles. The molecule has 118 valence electrons. The van der Waals surface area contributed by atoms with E-state index in [9.17, 15) is 18.0 Å². The fourth-order valence-corrected chi connectivity index (χ4v) is 1.83. The standard InChI is InChI=1S/C13H8F3N5O2/c14-13(15,16)12-18-11(20-23-12)8-3-5-21(10(22)6-8)7-9-2-1-4-17-19-9/h1-6H,7H2. The van der Waals surface area contributed by atoms with Gasteiger partial charge in [-0.1, -0.05) is 5.16 Å². The Kier molecular flexibility index (Phi) is 3.64. The summed E-state index contributed by atoms with van der Waals surface area (Å²) in [6.07, 6.45) is -1.81. The molecule has 3 heterocycles. The summed E-state index contributed by atoms with van der Waals surface area (Å²) in [6, 6.07) is 5.92. The Balaban J connectivity index is 1.88. The Morgan fingerprint density at radius 2 is 2.09 bits per heavy atom. The molecule has 0 saturated heterocycles. The lowest BCUT2D eigenvalue weighted by Crippen LogP contribution is -2.19. The van der Waals surface area contributed by atoms with Gasteiger partial charge in [-0.25, -0.2) is 0 Å². The summed E-state index contributed by atoms with van der Waals surface area (Å²) < 4.78 is 42.8. The van der Waals surface area contributed by atoms with Crippen LogP contribution in [0.15, 0.2) is 46.0 Å². The fraction of sp³-hybridized carbons (Fsp3) is 0.154. The SMILES string of the molecule is O=c1cc(-c2noc(C(F)(F)F)n2)ccn1Cc1cccnn1. The predicted molar refractivity (Wildman–Crippen MR) is 70.1 cm³/mol. The van der Waals surface area contributed by atoms with Gasteiger partial charge in [0, 0.05) is 24.0 Å². The van der Waals surface area contributed by atoms with Gasteiger partial charge in [0.25, 0.3) is 5.56 Å². The third-order valence-corrected chi connectivity index (χ3v) is 2.88. The van der Waals surface area contributed by atoms with E-state index in [0.717, 1.165) is 6.07 Å². The maximum atomic E-state index is 12.4. The third-order valence-electron chi connectivity index (χ3n) is 2.88. The van der Waals surface area contributed by atoms with Crippen LogP contribution in [0, 0.1) is 0 Å². The number of hydrogen-bond donors (Lipinski definition) is 0. The zero-order valence-electron chi connectivity index (χ0n) is 11.4. The van der Waals surface area contributed by atoms with E-state index in [0.29, 0.717) is 5.69 Å². The third kappa shape index (κ3) is 3.25. The molecule has 0 aliphatic carbocycles. The lowest BCUT2D eigenvalue weighted by Gasteiger charge is -2.04. The summed E-state index contributed by atoms with van der Waals surface area (Å²) in [5.74, 6) is -1.77. The quantitative estimate of drug-likeness (QED) is 0.730. The average Bonchev–Trinajstić information content (AvgIpc) is 3.00. The molecule has 0 amide bonds. The van der Waals surface area contributed by atoms with Gasteiger partial charge < -0.3 is 9.09 Å². The maximum absolute atomic E-state index is 12.4. The van der Waals surface area contributed by atoms with Crippen LogP contribution in [0.2, 0.25) is 0 Å². The highest BCUT2D eigenvalue weighted by molar-refractivity contribution is 5.52. The molecule has 0 aliphatic rings. The first-order valence-corrected chi connectivity index (χ1v) is 6.32. The molecule has 0 fully saturated rings. The van der Waals surface area contributed by atoms with Crippen molar-refractivity contribution in [3.8, 4) is 11.4 Å². The molecule has 0 N–H and O–H groups in total. The second kappa shape index (κ2) is 5.63. The minimum Gasteiger partial charge on any atom is -0.329 e. The van der Waals surface area contributed by atoms with Crippen molar-refractivity contribution in [2.75, 3.05) is 0 Å². The minimum atomic E-state index is -4.73. The second-order valence-corrected chi connectivity index (χ2v) is 4.52. The van der Waals surface area contributed by atoms with Gasteiger partial charge in [0.2, 0.25) is 5.82 Å². The Hall–Kier alpha value is -3.04. The van der Waals surface area contributed by atoms with Crippen LogP contribution in [0.3, 0.4) is 0 Å². The van der Waals surface area contributed by atoms with Gasteiger partial charge in [0.1, 0.15) is 0 Å². The summed E-state index contributed by atoms with van der Waals surface area (Å²) in [5.41, 5.74) is 0.262. The molecule has 23 heavy (non-hydrogen) atoms. The van der Waals surface area contributed by atoms with E-state index < -0.39 is 17.6 Å². The van der Waals surface area contributed by atoms with Crippen molar-refractivity contribution in [3.63, 3.8) is 0 Å². The van der Waals surface area contributed by atoms with Gasteiger partial charge in [-0.2, -0.15) is 28.4 Å². The first-order valence-electron chi connectivity index (χ1n) is 6.32. The number of rotatable bonds is 3. The van der Waals surface area contributed by atoms with Crippen molar-refractivity contribution in [3.05, 3.63) is 58.6 Å². The van der Waals surface area contributed by atoms with Gasteiger partial charge >= 0.3 is 12.1 Å². The fourth-order valence-electron chi connectivity index (χ4n) is 1.83. The number of hydrogen-bond acceptors (Lipinski definition) is 6. The molecule has 0 aromatic carbocycles. The minimum absolute atomic E-state index is 0.129. The van der Waals surface area contributed by atoms with E-state index >= 15 is 0 Å². The number of alkyl halides is 3. The average molecular weight is 323 g/mol. The van der Waals surface area contributed by atoms with Crippen LogP contribution in [0.5, 0.6) is 0 Å². The molecule has 0 unspecified atom stereocenters. The topological polar surface area (TPSA) is 86.7 Å². The van der Waals surface area contributed by atoms with E-state index in [2.05, 4.69) is 24.9 Å². The zero-order valence-corrected chi connectivity index (χ0v) is 11.4. The Labute approximate surface area is 126 Å². The van der Waals surface area contributed by atoms with Crippen LogP contribution in [-0.4, -0.2) is 24.9 Å². The largest absolute Gasteiger partial charge is 0.471 e. The predicted octanol–water partition coefficient (Wildman–Crippen LogP) is 1.76. The molecule has 0 atom stereocenters. The van der Waals surface area contributed by atoms with Crippen LogP contribution in [0.25, 0.3) is 11.4 Å². The summed E-state index contributed by atoms with van der Waals surface area (Å²) in [4.78, 5) is 15.3. The lowest BCUT2D eigenvalue weighted by molar-refractivity contribution is -0.159. The highest BCUT2D eigenvalue weighted by Crippen LogP contribution is 2.28. The molecular formula is C13H8F3N5O2. The highest BCUT2D eigenvalue weighted by Gasteiger charge is 2.38. The van der Waals surface area contributed by atoms with Gasteiger partial charge in [0.15, 0.2) is 0 Å². The van der Waals surface area contributed by atoms with E-state index in [4.69, 9.17) is 0 Å². The van der Waals surface area contributed by atoms with Crippen molar-refractivity contribution in [1.82, 2.24) is 24.9 Å². The highest BCUT2D eigenvalue weighted by atomic mass is 19.4. The molecule has 7 nitrogen and oxygen atoms in total. The van der Waals surface area contributed by atoms with Gasteiger partial charge in [-0.3, -0.25) is 4.79 Å². The van der Waals surface area contributed by atoms with E-state index in [1.54, 1.807) is 12.1 Å². The summed E-state index contributed by atoms with van der Waals surface area (Å²) in [6.45, 7) is 0.187. The molecule has 0 bridgehead atoms. The van der Waals surface area contributed by atoms with Crippen molar-refractivity contribution in [1.29, 1.82) is 0 Å². The van der Waals surface area contributed by atoms with E-state index in [1.165, 1.54) is 23.0 Å². The Morgan fingerprint density at radius 1 is 1.26 bits per heavy atom. The van der Waals surface area contributed by atoms with Gasteiger partial charge in [-0.05, 0) is 18.2 Å². The number of pyridine rings is 1. The Bertz CT molecular complexity index is 873. The first kappa shape index (κ1) is 14.9. The smallest absolute Gasteiger partial charge is 0.329 e. The van der Waals surface area contributed by atoms with Crippen LogP contribution in [0.4, 0.5) is 13.2 Å². The Morgan fingerprint density at radius 3 is 2.70 bits per heavy atom. The number of halogens is 3. The molecular weight excluding hydrogens is 315 g/mol. The normalized spacial score (nSPS) is 11.6. The molecule has 0 radical (unpaired) electrons. The van der Waals surface area contributed by atoms with Gasteiger partial charge in [0.05, 0.1) is 12.2 Å². The van der Waals surface area contributed by atoms with Crippen LogP contribution >= 0.6 is 0 Å². The zero-order chi connectivity index (χ0) is 16.4. The molecule has 10 heteroatoms. The summed E-state index contributed by atoms with van der Waals surface area (Å²) >= 11 is 0. The van der Waals surface area contributed by atoms with Crippen molar-refractivity contribution in [2.24, 2.45) is 0 Å². The van der Waals surface area contributed by atoms with Crippen LogP contribution in [0.1, 0.15) is 11.6 Å². The number of aromatic nitrogens is 5. The maximum Gasteiger partial charge on any atom is 0.471 e. The van der Waals surface area contributed by atoms with Crippen molar-refractivity contribution >= 4 is 0 Å². The summed E-state index contributed by atoms with van der Waals surface area (Å²) in [7, 11) is 0. The van der Waals surface area contributed by atoms with Gasteiger partial charge in [-0.15, -0.1) is 0 Å². The van der Waals surface area contributed by atoms with E-state index in [-0.39, 0.29) is 17.9 Å². The lowest BCUT2D eigenvalue weighted by atomic mass is 10.2. The van der Waals surface area contributed by atoms with Crippen molar-refractivity contribution in [2.45, 2.75) is 12.7 Å². The van der Waals surface area contributed by atoms with Crippen LogP contribution in [-0.2, 0) is 12.7 Å². The molecule has 3 rings (SSSR count). The first-order chi connectivity index (χ1) is 10.9. The molecule has 3 aromatic rings. The van der Waals surface area contributed by atoms with Crippen molar-refractivity contribution < 1.29 is 17.7 Å². The monoisotopic (exact) mass is 323 g/mol.